The highest BCUT2D eigenvalue weighted by molar-refractivity contribution is 9.10. The molecule has 0 saturated carbocycles. The van der Waals surface area contributed by atoms with Crippen LogP contribution in [0, 0.1) is 11.3 Å². The van der Waals surface area contributed by atoms with Gasteiger partial charge in [0.2, 0.25) is 0 Å². The normalized spacial score (nSPS) is 10.6. The van der Waals surface area contributed by atoms with Crippen molar-refractivity contribution in [3.63, 3.8) is 0 Å². The number of carbonyl (C=O) groups excluding carboxylic acids is 1. The van der Waals surface area contributed by atoms with Crippen molar-refractivity contribution in [3.05, 3.63) is 64.1 Å². The van der Waals surface area contributed by atoms with E-state index in [1.54, 1.807) is 42.5 Å². The minimum absolute atomic E-state index is 0.137. The third-order valence-electron chi connectivity index (χ3n) is 3.02. The summed E-state index contributed by atoms with van der Waals surface area (Å²) >= 11 is 3.29. The fraction of sp³-hybridized carbons (Fsp3) is 0.0556. The summed E-state index contributed by atoms with van der Waals surface area (Å²) in [7, 11) is 0. The summed E-state index contributed by atoms with van der Waals surface area (Å²) in [6.07, 6.45) is 1.35. The number of carboxylic acid groups (broad SMARTS) is 1. The lowest BCUT2D eigenvalue weighted by atomic mass is 10.1. The van der Waals surface area contributed by atoms with E-state index in [2.05, 4.69) is 21.2 Å². The molecule has 0 saturated heterocycles. The van der Waals surface area contributed by atoms with E-state index in [-0.39, 0.29) is 11.3 Å². The van der Waals surface area contributed by atoms with Crippen LogP contribution in [0.15, 0.2) is 58.6 Å². The third-order valence-corrected chi connectivity index (χ3v) is 3.51. The lowest BCUT2D eigenvalue weighted by Crippen LogP contribution is -2.13. The van der Waals surface area contributed by atoms with Gasteiger partial charge in [0.05, 0.1) is 0 Å². The molecule has 0 atom stereocenters. The lowest BCUT2D eigenvalue weighted by molar-refractivity contribution is -0.139. The Balaban J connectivity index is 2.29. The Morgan fingerprint density at radius 3 is 2.60 bits per heavy atom. The molecule has 2 N–H and O–H groups in total. The van der Waals surface area contributed by atoms with Gasteiger partial charge in [0.25, 0.3) is 5.91 Å². The number of hydrogen-bond acceptors (Lipinski definition) is 4. The third kappa shape index (κ3) is 5.48. The first kappa shape index (κ1) is 18.2. The molecule has 0 aromatic heterocycles. The van der Waals surface area contributed by atoms with E-state index < -0.39 is 18.5 Å². The predicted molar refractivity (Wildman–Crippen MR) is 95.9 cm³/mol. The van der Waals surface area contributed by atoms with Crippen LogP contribution in [0.4, 0.5) is 5.69 Å². The molecule has 2 aromatic rings. The van der Waals surface area contributed by atoms with Crippen molar-refractivity contribution in [2.45, 2.75) is 0 Å². The number of ether oxygens (including phenoxy) is 1. The molecule has 126 valence electrons. The number of nitriles is 1. The Bertz CT molecular complexity index is 857. The van der Waals surface area contributed by atoms with Gasteiger partial charge in [-0.3, -0.25) is 4.79 Å². The van der Waals surface area contributed by atoms with Crippen molar-refractivity contribution < 1.29 is 19.4 Å². The number of aliphatic carboxylic acids is 1. The lowest BCUT2D eigenvalue weighted by Gasteiger charge is -2.09. The van der Waals surface area contributed by atoms with Gasteiger partial charge in [0.1, 0.15) is 17.4 Å². The molecule has 0 radical (unpaired) electrons. The molecule has 0 bridgehead atoms. The summed E-state index contributed by atoms with van der Waals surface area (Å²) in [4.78, 5) is 22.9. The number of nitrogens with zero attached hydrogens (tertiary/aromatic N) is 1. The largest absolute Gasteiger partial charge is 0.481 e. The highest BCUT2D eigenvalue weighted by Gasteiger charge is 2.12. The molecule has 0 fully saturated rings. The Labute approximate surface area is 152 Å². The Morgan fingerprint density at radius 2 is 1.96 bits per heavy atom. The maximum atomic E-state index is 12.3. The smallest absolute Gasteiger partial charge is 0.341 e. The molecule has 2 rings (SSSR count). The number of anilines is 1. The van der Waals surface area contributed by atoms with E-state index in [1.807, 2.05) is 12.1 Å². The van der Waals surface area contributed by atoms with Crippen LogP contribution in [-0.2, 0) is 9.59 Å². The van der Waals surface area contributed by atoms with Gasteiger partial charge in [0, 0.05) is 15.7 Å². The number of carboxylic acids is 1. The van der Waals surface area contributed by atoms with Crippen LogP contribution < -0.4 is 10.1 Å². The molecule has 0 aliphatic rings. The molecule has 0 heterocycles. The summed E-state index contributed by atoms with van der Waals surface area (Å²) in [5.74, 6) is -1.44. The average molecular weight is 401 g/mol. The molecule has 0 unspecified atom stereocenters. The van der Waals surface area contributed by atoms with Crippen LogP contribution in [0.5, 0.6) is 5.75 Å². The van der Waals surface area contributed by atoms with Gasteiger partial charge < -0.3 is 15.2 Å². The van der Waals surface area contributed by atoms with Gasteiger partial charge in [-0.2, -0.15) is 5.26 Å². The van der Waals surface area contributed by atoms with Gasteiger partial charge in [-0.15, -0.1) is 0 Å². The molecule has 1 amide bonds. The number of halogens is 1. The molecule has 0 aliphatic heterocycles. The van der Waals surface area contributed by atoms with Gasteiger partial charge in [0.15, 0.2) is 6.61 Å². The fourth-order valence-corrected chi connectivity index (χ4v) is 2.31. The second kappa shape index (κ2) is 8.66. The quantitative estimate of drug-likeness (QED) is 0.571. The maximum Gasteiger partial charge on any atom is 0.341 e. The first-order valence-electron chi connectivity index (χ1n) is 7.12. The Hall–Kier alpha value is -3.11. The molecular weight excluding hydrogens is 388 g/mol. The highest BCUT2D eigenvalue weighted by atomic mass is 79.9. The van der Waals surface area contributed by atoms with Crippen LogP contribution in [-0.4, -0.2) is 23.6 Å². The average Bonchev–Trinajstić information content (AvgIpc) is 2.59. The van der Waals surface area contributed by atoms with Crippen molar-refractivity contribution in [1.29, 1.82) is 5.26 Å². The predicted octanol–water partition coefficient (Wildman–Crippen LogP) is 3.46. The number of benzene rings is 2. The van der Waals surface area contributed by atoms with E-state index in [0.29, 0.717) is 15.7 Å². The zero-order valence-corrected chi connectivity index (χ0v) is 14.5. The molecule has 6 nitrogen and oxygen atoms in total. The number of nitrogens with one attached hydrogen (secondary N) is 1. The summed E-state index contributed by atoms with van der Waals surface area (Å²) in [5, 5.41) is 20.6. The van der Waals surface area contributed by atoms with Gasteiger partial charge in [-0.05, 0) is 36.4 Å². The highest BCUT2D eigenvalue weighted by Crippen LogP contribution is 2.26. The number of para-hydroxylation sites is 1. The van der Waals surface area contributed by atoms with E-state index in [1.165, 1.54) is 6.08 Å². The standard InChI is InChI=1S/C18H13BrN2O4/c19-14-6-7-16(25-11-17(22)23)12(9-14)8-13(10-20)18(24)21-15-4-2-1-3-5-15/h1-9H,11H2,(H,21,24)(H,22,23)/b13-8+. The van der Waals surface area contributed by atoms with Crippen molar-refractivity contribution >= 4 is 39.6 Å². The summed E-state index contributed by atoms with van der Waals surface area (Å²) in [6.45, 7) is -0.527. The number of amides is 1. The van der Waals surface area contributed by atoms with Crippen LogP contribution in [0.2, 0.25) is 0 Å². The zero-order valence-electron chi connectivity index (χ0n) is 12.9. The summed E-state index contributed by atoms with van der Waals surface area (Å²) < 4.78 is 5.89. The fourth-order valence-electron chi connectivity index (χ4n) is 1.93. The van der Waals surface area contributed by atoms with Crippen molar-refractivity contribution in [3.8, 4) is 11.8 Å². The summed E-state index contributed by atoms with van der Waals surface area (Å²) in [5.41, 5.74) is 0.836. The van der Waals surface area contributed by atoms with E-state index in [4.69, 9.17) is 9.84 Å². The minimum atomic E-state index is -1.12. The van der Waals surface area contributed by atoms with Gasteiger partial charge >= 0.3 is 5.97 Å². The zero-order chi connectivity index (χ0) is 18.2. The topological polar surface area (TPSA) is 99.4 Å². The van der Waals surface area contributed by atoms with Gasteiger partial charge in [-0.1, -0.05) is 34.1 Å². The van der Waals surface area contributed by atoms with Crippen molar-refractivity contribution in [1.82, 2.24) is 0 Å². The Morgan fingerprint density at radius 1 is 1.24 bits per heavy atom. The SMILES string of the molecule is N#C/C(=C\c1cc(Br)ccc1OCC(=O)O)C(=O)Nc1ccccc1. The van der Waals surface area contributed by atoms with E-state index in [9.17, 15) is 14.9 Å². The first-order valence-corrected chi connectivity index (χ1v) is 7.91. The molecule has 0 spiro atoms. The minimum Gasteiger partial charge on any atom is -0.481 e. The van der Waals surface area contributed by atoms with E-state index >= 15 is 0 Å². The van der Waals surface area contributed by atoms with Crippen molar-refractivity contribution in [2.24, 2.45) is 0 Å². The molecule has 2 aromatic carbocycles. The number of rotatable bonds is 6. The van der Waals surface area contributed by atoms with Crippen LogP contribution in [0.3, 0.4) is 0 Å². The molecule has 0 aliphatic carbocycles. The van der Waals surface area contributed by atoms with Crippen molar-refractivity contribution in [2.75, 3.05) is 11.9 Å². The molecule has 25 heavy (non-hydrogen) atoms. The number of carbonyl (C=O) groups is 2. The van der Waals surface area contributed by atoms with Crippen LogP contribution in [0.1, 0.15) is 5.56 Å². The molecule has 7 heteroatoms. The number of hydrogen-bond donors (Lipinski definition) is 2. The Kier molecular flexibility index (Phi) is 6.32. The van der Waals surface area contributed by atoms with Gasteiger partial charge in [-0.25, -0.2) is 4.79 Å². The van der Waals surface area contributed by atoms with Crippen LogP contribution in [0.25, 0.3) is 6.08 Å². The first-order chi connectivity index (χ1) is 12.0. The molecular formula is C18H13BrN2O4. The monoisotopic (exact) mass is 400 g/mol. The van der Waals surface area contributed by atoms with E-state index in [0.717, 1.165) is 0 Å². The second-order valence-electron chi connectivity index (χ2n) is 4.85. The second-order valence-corrected chi connectivity index (χ2v) is 5.77. The maximum absolute atomic E-state index is 12.3. The van der Waals surface area contributed by atoms with Crippen LogP contribution >= 0.6 is 15.9 Å². The summed E-state index contributed by atoms with van der Waals surface area (Å²) in [6, 6.07) is 15.4.